The van der Waals surface area contributed by atoms with E-state index in [0.29, 0.717) is 6.42 Å². The monoisotopic (exact) mass is 344 g/mol. The van der Waals surface area contributed by atoms with Crippen molar-refractivity contribution in [3.63, 3.8) is 0 Å². The van der Waals surface area contributed by atoms with Crippen molar-refractivity contribution in [1.29, 1.82) is 0 Å². The summed E-state index contributed by atoms with van der Waals surface area (Å²) in [5, 5.41) is 11.9. The molecule has 1 aliphatic rings. The number of nitrogens with one attached hydrogen (secondary N) is 1. The molecule has 2 atom stereocenters. The predicted octanol–water partition coefficient (Wildman–Crippen LogP) is 2.71. The van der Waals surface area contributed by atoms with E-state index in [-0.39, 0.29) is 18.2 Å². The Labute approximate surface area is 147 Å². The first kappa shape index (κ1) is 18.7. The second kappa shape index (κ2) is 8.46. The summed E-state index contributed by atoms with van der Waals surface area (Å²) in [6.07, 6.45) is 5.52. The van der Waals surface area contributed by atoms with Gasteiger partial charge >= 0.3 is 5.97 Å². The Bertz CT molecular complexity index is 684. The van der Waals surface area contributed by atoms with E-state index >= 15 is 0 Å². The number of carboxylic acids is 1. The van der Waals surface area contributed by atoms with Crippen LogP contribution >= 0.6 is 0 Å². The van der Waals surface area contributed by atoms with Gasteiger partial charge in [0.15, 0.2) is 0 Å². The number of nitrogens with zero attached hydrogens (tertiary/aromatic N) is 1. The first-order valence-electron chi connectivity index (χ1n) is 8.52. The van der Waals surface area contributed by atoms with Crippen LogP contribution in [0.2, 0.25) is 0 Å². The van der Waals surface area contributed by atoms with Crippen molar-refractivity contribution in [1.82, 2.24) is 10.2 Å². The molecule has 6 nitrogen and oxygen atoms in total. The zero-order chi connectivity index (χ0) is 18.4. The van der Waals surface area contributed by atoms with Gasteiger partial charge in [-0.15, -0.1) is 0 Å². The van der Waals surface area contributed by atoms with Crippen molar-refractivity contribution in [3.8, 4) is 0 Å². The van der Waals surface area contributed by atoms with Gasteiger partial charge in [0.05, 0.1) is 12.5 Å². The largest absolute Gasteiger partial charge is 0.480 e. The molecule has 6 heteroatoms. The zero-order valence-electron chi connectivity index (χ0n) is 14.6. The fourth-order valence-electron chi connectivity index (χ4n) is 3.01. The third kappa shape index (κ3) is 4.68. The Morgan fingerprint density at radius 1 is 1.28 bits per heavy atom. The molecule has 0 saturated heterocycles. The van der Waals surface area contributed by atoms with Gasteiger partial charge in [-0.3, -0.25) is 9.59 Å². The molecule has 0 fully saturated rings. The average Bonchev–Trinajstić information content (AvgIpc) is 2.58. The van der Waals surface area contributed by atoms with Gasteiger partial charge in [0, 0.05) is 13.1 Å². The molecule has 1 aromatic carbocycles. The number of carbonyl (C=O) groups excluding carboxylic acids is 2. The second-order valence-electron chi connectivity index (χ2n) is 6.19. The summed E-state index contributed by atoms with van der Waals surface area (Å²) in [4.78, 5) is 37.2. The maximum atomic E-state index is 12.4. The molecule has 1 aliphatic heterocycles. The van der Waals surface area contributed by atoms with E-state index in [1.165, 1.54) is 11.8 Å². The normalized spacial score (nSPS) is 16.9. The van der Waals surface area contributed by atoms with E-state index in [0.717, 1.165) is 24.0 Å². The Hall–Kier alpha value is -2.63. The van der Waals surface area contributed by atoms with Crippen molar-refractivity contribution in [2.75, 3.05) is 0 Å². The highest BCUT2D eigenvalue weighted by molar-refractivity contribution is 5.85. The average molecular weight is 344 g/mol. The van der Waals surface area contributed by atoms with E-state index < -0.39 is 18.1 Å². The Balaban J connectivity index is 2.15. The standard InChI is InChI=1S/C19H24N2O4/c1-3-4-9-16(19(24)25)20-18(23)12-17-15-8-6-5-7-14(15)10-11-21(17)13(2)22/h5-8,10-11,16-17H,3-4,9,12H2,1-2H3,(H,20,23)(H,24,25)/t16-,17?/m0/s1. The number of aliphatic carboxylic acids is 1. The molecule has 1 aromatic rings. The summed E-state index contributed by atoms with van der Waals surface area (Å²) >= 11 is 0. The Morgan fingerprint density at radius 3 is 2.64 bits per heavy atom. The highest BCUT2D eigenvalue weighted by Crippen LogP contribution is 2.32. The van der Waals surface area contributed by atoms with Crippen LogP contribution in [0.5, 0.6) is 0 Å². The van der Waals surface area contributed by atoms with E-state index in [4.69, 9.17) is 0 Å². The smallest absolute Gasteiger partial charge is 0.326 e. The molecule has 0 aliphatic carbocycles. The van der Waals surface area contributed by atoms with Crippen LogP contribution in [0, 0.1) is 0 Å². The van der Waals surface area contributed by atoms with Gasteiger partial charge < -0.3 is 15.3 Å². The summed E-state index contributed by atoms with van der Waals surface area (Å²) in [5.74, 6) is -1.57. The van der Waals surface area contributed by atoms with Crippen LogP contribution < -0.4 is 5.32 Å². The third-order valence-electron chi connectivity index (χ3n) is 4.33. The van der Waals surface area contributed by atoms with Gasteiger partial charge in [-0.1, -0.05) is 44.0 Å². The summed E-state index contributed by atoms with van der Waals surface area (Å²) in [6.45, 7) is 3.42. The van der Waals surface area contributed by atoms with Crippen LogP contribution in [-0.4, -0.2) is 33.8 Å². The van der Waals surface area contributed by atoms with E-state index in [2.05, 4.69) is 5.32 Å². The van der Waals surface area contributed by atoms with Gasteiger partial charge in [-0.25, -0.2) is 4.79 Å². The SMILES string of the molecule is CCCC[C@H](NC(=O)CC1c2ccccc2C=CN1C(C)=O)C(=O)O. The minimum absolute atomic E-state index is 0.0246. The lowest BCUT2D eigenvalue weighted by Crippen LogP contribution is -2.43. The quantitative estimate of drug-likeness (QED) is 0.796. The van der Waals surface area contributed by atoms with E-state index in [9.17, 15) is 19.5 Å². The lowest BCUT2D eigenvalue weighted by Gasteiger charge is -2.32. The number of hydrogen-bond donors (Lipinski definition) is 2. The summed E-state index contributed by atoms with van der Waals surface area (Å²) in [5.41, 5.74) is 1.84. The van der Waals surface area contributed by atoms with Crippen molar-refractivity contribution in [3.05, 3.63) is 41.6 Å². The first-order valence-corrected chi connectivity index (χ1v) is 8.52. The molecule has 0 bridgehead atoms. The van der Waals surface area contributed by atoms with Gasteiger partial charge in [0.2, 0.25) is 11.8 Å². The molecule has 1 unspecified atom stereocenters. The molecule has 0 saturated carbocycles. The van der Waals surface area contributed by atoms with Crippen LogP contribution in [0.4, 0.5) is 0 Å². The molecular formula is C19H24N2O4. The van der Waals surface area contributed by atoms with Crippen LogP contribution in [0.15, 0.2) is 30.5 Å². The molecule has 0 radical (unpaired) electrons. The number of fused-ring (bicyclic) bond motifs is 1. The van der Waals surface area contributed by atoms with Crippen molar-refractivity contribution >= 4 is 23.9 Å². The highest BCUT2D eigenvalue weighted by atomic mass is 16.4. The summed E-state index contributed by atoms with van der Waals surface area (Å²) in [6, 6.07) is 6.25. The molecule has 2 rings (SSSR count). The maximum Gasteiger partial charge on any atom is 0.326 e. The predicted molar refractivity (Wildman–Crippen MR) is 94.4 cm³/mol. The third-order valence-corrected chi connectivity index (χ3v) is 4.33. The molecule has 134 valence electrons. The Morgan fingerprint density at radius 2 is 2.00 bits per heavy atom. The van der Waals surface area contributed by atoms with Crippen LogP contribution in [0.25, 0.3) is 6.08 Å². The number of hydrogen-bond acceptors (Lipinski definition) is 3. The second-order valence-corrected chi connectivity index (χ2v) is 6.19. The minimum Gasteiger partial charge on any atom is -0.480 e. The number of rotatable bonds is 7. The fraction of sp³-hybridized carbons (Fsp3) is 0.421. The Kier molecular flexibility index (Phi) is 6.33. The zero-order valence-corrected chi connectivity index (χ0v) is 14.6. The van der Waals surface area contributed by atoms with Gasteiger partial charge in [0.1, 0.15) is 6.04 Å². The van der Waals surface area contributed by atoms with Crippen LogP contribution in [0.1, 0.15) is 56.7 Å². The lowest BCUT2D eigenvalue weighted by molar-refractivity contribution is -0.142. The highest BCUT2D eigenvalue weighted by Gasteiger charge is 2.29. The molecule has 0 spiro atoms. The molecule has 25 heavy (non-hydrogen) atoms. The van der Waals surface area contributed by atoms with Crippen LogP contribution in [-0.2, 0) is 14.4 Å². The van der Waals surface area contributed by atoms with Gasteiger partial charge in [-0.2, -0.15) is 0 Å². The number of carbonyl (C=O) groups is 3. The number of carboxylic acid groups (broad SMARTS) is 1. The minimum atomic E-state index is -1.03. The number of amides is 2. The maximum absolute atomic E-state index is 12.4. The lowest BCUT2D eigenvalue weighted by atomic mass is 9.93. The van der Waals surface area contributed by atoms with Gasteiger partial charge in [0.25, 0.3) is 0 Å². The molecular weight excluding hydrogens is 320 g/mol. The fourth-order valence-corrected chi connectivity index (χ4v) is 3.01. The summed E-state index contributed by atoms with van der Waals surface area (Å²) < 4.78 is 0. The molecule has 2 amide bonds. The van der Waals surface area contributed by atoms with Crippen molar-refractivity contribution in [2.24, 2.45) is 0 Å². The molecule has 1 heterocycles. The topological polar surface area (TPSA) is 86.7 Å². The first-order chi connectivity index (χ1) is 11.9. The number of unbranched alkanes of at least 4 members (excludes halogenated alkanes) is 1. The van der Waals surface area contributed by atoms with Crippen LogP contribution in [0.3, 0.4) is 0 Å². The van der Waals surface area contributed by atoms with Crippen molar-refractivity contribution in [2.45, 2.75) is 51.6 Å². The van der Waals surface area contributed by atoms with E-state index in [1.54, 1.807) is 6.20 Å². The molecule has 2 N–H and O–H groups in total. The van der Waals surface area contributed by atoms with Crippen molar-refractivity contribution < 1.29 is 19.5 Å². The summed E-state index contributed by atoms with van der Waals surface area (Å²) in [7, 11) is 0. The molecule has 0 aromatic heterocycles. The van der Waals surface area contributed by atoms with E-state index in [1.807, 2.05) is 37.3 Å². The van der Waals surface area contributed by atoms with Gasteiger partial charge in [-0.05, 0) is 23.6 Å². The number of benzene rings is 1.